The molecule has 0 unspecified atom stereocenters. The van der Waals surface area contributed by atoms with Crippen LogP contribution in [0.2, 0.25) is 0 Å². The topological polar surface area (TPSA) is 98.5 Å². The average molecular weight is 472 g/mol. The predicted molar refractivity (Wildman–Crippen MR) is 124 cm³/mol. The zero-order valence-corrected chi connectivity index (χ0v) is 20.0. The number of carbonyl (C=O) groups is 1. The van der Waals surface area contributed by atoms with Gasteiger partial charge in [0.05, 0.1) is 39.6 Å². The number of esters is 1. The van der Waals surface area contributed by atoms with Crippen LogP contribution in [-0.2, 0) is 11.3 Å². The van der Waals surface area contributed by atoms with Gasteiger partial charge in [0.1, 0.15) is 12.3 Å². The molecule has 3 aromatic rings. The summed E-state index contributed by atoms with van der Waals surface area (Å²) in [5.74, 6) is 2.41. The first-order valence-electron chi connectivity index (χ1n) is 11.0. The smallest absolute Gasteiger partial charge is 0.338 e. The van der Waals surface area contributed by atoms with Gasteiger partial charge in [-0.25, -0.2) is 4.79 Å². The van der Waals surface area contributed by atoms with Crippen molar-refractivity contribution in [3.63, 3.8) is 0 Å². The van der Waals surface area contributed by atoms with Crippen LogP contribution in [0.1, 0.15) is 36.8 Å². The van der Waals surface area contributed by atoms with Gasteiger partial charge in [-0.2, -0.15) is 0 Å². The fraction of sp³-hybridized carbons (Fsp3) is 0.360. The highest BCUT2D eigenvalue weighted by atomic mass is 16.5. The zero-order chi connectivity index (χ0) is 24.5. The fourth-order valence-corrected chi connectivity index (χ4v) is 3.23. The van der Waals surface area contributed by atoms with Crippen LogP contribution in [-0.4, -0.2) is 45.2 Å². The van der Waals surface area contributed by atoms with Crippen molar-refractivity contribution in [1.29, 1.82) is 0 Å². The van der Waals surface area contributed by atoms with Gasteiger partial charge in [0.25, 0.3) is 0 Å². The zero-order valence-electron chi connectivity index (χ0n) is 20.0. The molecule has 0 spiro atoms. The maximum absolute atomic E-state index is 12.8. The van der Waals surface area contributed by atoms with Crippen molar-refractivity contribution >= 4 is 5.97 Å². The second-order valence-corrected chi connectivity index (χ2v) is 6.93. The highest BCUT2D eigenvalue weighted by Crippen LogP contribution is 2.39. The first kappa shape index (κ1) is 24.8. The lowest BCUT2D eigenvalue weighted by molar-refractivity contribution is 0.0463. The van der Waals surface area contributed by atoms with E-state index in [4.69, 9.17) is 32.9 Å². The molecule has 0 N–H and O–H groups in total. The van der Waals surface area contributed by atoms with Crippen molar-refractivity contribution in [2.24, 2.45) is 0 Å². The van der Waals surface area contributed by atoms with Gasteiger partial charge in [0.2, 0.25) is 5.75 Å². The molecule has 182 valence electrons. The number of ether oxygens (including phenoxy) is 6. The first-order chi connectivity index (χ1) is 16.5. The van der Waals surface area contributed by atoms with Gasteiger partial charge < -0.3 is 32.9 Å². The van der Waals surface area contributed by atoms with Crippen LogP contribution in [0.3, 0.4) is 0 Å². The highest BCUT2D eigenvalue weighted by molar-refractivity contribution is 5.91. The van der Waals surface area contributed by atoms with Crippen molar-refractivity contribution in [2.75, 3.05) is 34.0 Å². The summed E-state index contributed by atoms with van der Waals surface area (Å²) in [6.07, 6.45) is 0. The molecule has 3 rings (SSSR count). The molecule has 1 aromatic heterocycles. The van der Waals surface area contributed by atoms with E-state index in [0.717, 1.165) is 5.56 Å². The maximum Gasteiger partial charge on any atom is 0.338 e. The van der Waals surface area contributed by atoms with Gasteiger partial charge in [0, 0.05) is 11.6 Å². The predicted octanol–water partition coefficient (Wildman–Crippen LogP) is 4.91. The first-order valence-corrected chi connectivity index (χ1v) is 11.0. The molecule has 0 amide bonds. The summed E-state index contributed by atoms with van der Waals surface area (Å²) in [5, 5.41) is 4.00. The minimum atomic E-state index is -0.555. The van der Waals surface area contributed by atoms with Gasteiger partial charge in [-0.05, 0) is 51.1 Å². The molecule has 0 atom stereocenters. The lowest BCUT2D eigenvalue weighted by Crippen LogP contribution is -2.09. The van der Waals surface area contributed by atoms with Gasteiger partial charge in [-0.1, -0.05) is 5.16 Å². The Morgan fingerprint density at radius 1 is 0.824 bits per heavy atom. The van der Waals surface area contributed by atoms with Crippen LogP contribution in [0.15, 0.2) is 40.9 Å². The van der Waals surface area contributed by atoms with Gasteiger partial charge in [-0.3, -0.25) is 0 Å². The Balaban J connectivity index is 1.75. The Hall–Kier alpha value is -3.88. The van der Waals surface area contributed by atoms with E-state index in [1.807, 2.05) is 26.8 Å². The standard InChI is InChI=1S/C25H29NO8/c1-6-30-22-12-17(13-23(31-7-2)24(22)32-8-3)25(27)33-15-18-14-20(34-26-18)16-9-10-19(28-4)21(11-16)29-5/h9-14H,6-8,15H2,1-5H3. The fourth-order valence-electron chi connectivity index (χ4n) is 3.23. The molecule has 0 saturated carbocycles. The average Bonchev–Trinajstić information content (AvgIpc) is 3.33. The molecule has 9 nitrogen and oxygen atoms in total. The Kier molecular flexibility index (Phi) is 8.61. The number of hydrogen-bond donors (Lipinski definition) is 0. The number of nitrogens with zero attached hydrogens (tertiary/aromatic N) is 1. The summed E-state index contributed by atoms with van der Waals surface area (Å²) in [6, 6.07) is 10.2. The molecule has 0 radical (unpaired) electrons. The summed E-state index contributed by atoms with van der Waals surface area (Å²) >= 11 is 0. The normalized spacial score (nSPS) is 10.5. The largest absolute Gasteiger partial charge is 0.493 e. The Labute approximate surface area is 198 Å². The Bertz CT molecular complexity index is 1080. The Morgan fingerprint density at radius 3 is 2.06 bits per heavy atom. The number of rotatable bonds is 12. The summed E-state index contributed by atoms with van der Waals surface area (Å²) < 4.78 is 38.4. The molecule has 0 saturated heterocycles. The van der Waals surface area contributed by atoms with Crippen molar-refractivity contribution in [1.82, 2.24) is 5.16 Å². The number of hydrogen-bond acceptors (Lipinski definition) is 9. The van der Waals surface area contributed by atoms with Crippen LogP contribution in [0, 0.1) is 0 Å². The Morgan fingerprint density at radius 2 is 1.47 bits per heavy atom. The molecule has 0 bridgehead atoms. The van der Waals surface area contributed by atoms with Crippen molar-refractivity contribution in [3.8, 4) is 40.1 Å². The van der Waals surface area contributed by atoms with E-state index < -0.39 is 5.97 Å². The van der Waals surface area contributed by atoms with Crippen LogP contribution in [0.5, 0.6) is 28.7 Å². The molecular formula is C25H29NO8. The summed E-state index contributed by atoms with van der Waals surface area (Å²) in [7, 11) is 3.12. The third-order valence-electron chi connectivity index (χ3n) is 4.72. The highest BCUT2D eigenvalue weighted by Gasteiger charge is 2.20. The van der Waals surface area contributed by atoms with E-state index in [1.54, 1.807) is 44.6 Å². The van der Waals surface area contributed by atoms with Crippen molar-refractivity contribution < 1.29 is 37.7 Å². The number of aromatic nitrogens is 1. The minimum absolute atomic E-state index is 0.0726. The summed E-state index contributed by atoms with van der Waals surface area (Å²) in [5.41, 5.74) is 1.48. The number of carbonyl (C=O) groups excluding carboxylic acids is 1. The monoisotopic (exact) mass is 471 g/mol. The molecular weight excluding hydrogens is 442 g/mol. The lowest BCUT2D eigenvalue weighted by Gasteiger charge is -2.16. The minimum Gasteiger partial charge on any atom is -0.493 e. The van der Waals surface area contributed by atoms with E-state index >= 15 is 0 Å². The van der Waals surface area contributed by atoms with Crippen LogP contribution >= 0.6 is 0 Å². The number of benzene rings is 2. The van der Waals surface area contributed by atoms with Crippen LogP contribution < -0.4 is 23.7 Å². The summed E-state index contributed by atoms with van der Waals surface area (Å²) in [4.78, 5) is 12.8. The molecule has 0 aliphatic rings. The van der Waals surface area contributed by atoms with E-state index in [1.165, 1.54) is 0 Å². The van der Waals surface area contributed by atoms with Crippen LogP contribution in [0.4, 0.5) is 0 Å². The SMILES string of the molecule is CCOc1cc(C(=O)OCc2cc(-c3ccc(OC)c(OC)c3)on2)cc(OCC)c1OCC. The second-order valence-electron chi connectivity index (χ2n) is 6.93. The molecule has 9 heteroatoms. The van der Waals surface area contributed by atoms with Gasteiger partial charge in [0.15, 0.2) is 28.8 Å². The van der Waals surface area contributed by atoms with Crippen molar-refractivity contribution in [2.45, 2.75) is 27.4 Å². The second kappa shape index (κ2) is 11.8. The maximum atomic E-state index is 12.8. The van der Waals surface area contributed by atoms with Crippen molar-refractivity contribution in [3.05, 3.63) is 47.7 Å². The third-order valence-corrected chi connectivity index (χ3v) is 4.72. The van der Waals surface area contributed by atoms with E-state index in [2.05, 4.69) is 5.16 Å². The quantitative estimate of drug-likeness (QED) is 0.341. The molecule has 0 aliphatic heterocycles. The molecule has 34 heavy (non-hydrogen) atoms. The number of methoxy groups -OCH3 is 2. The van der Waals surface area contributed by atoms with E-state index in [-0.39, 0.29) is 12.2 Å². The van der Waals surface area contributed by atoms with Gasteiger partial charge in [-0.15, -0.1) is 0 Å². The van der Waals surface area contributed by atoms with E-state index in [9.17, 15) is 4.79 Å². The third kappa shape index (κ3) is 5.72. The lowest BCUT2D eigenvalue weighted by atomic mass is 10.1. The van der Waals surface area contributed by atoms with Gasteiger partial charge >= 0.3 is 5.97 Å². The molecule has 0 fully saturated rings. The van der Waals surface area contributed by atoms with E-state index in [0.29, 0.717) is 60.0 Å². The molecule has 2 aromatic carbocycles. The van der Waals surface area contributed by atoms with Crippen LogP contribution in [0.25, 0.3) is 11.3 Å². The molecule has 1 heterocycles. The molecule has 0 aliphatic carbocycles. The summed E-state index contributed by atoms with van der Waals surface area (Å²) in [6.45, 7) is 6.73.